The molecule has 2 aliphatic rings. The van der Waals surface area contributed by atoms with Crippen molar-refractivity contribution in [3.63, 3.8) is 0 Å². The lowest BCUT2D eigenvalue weighted by Gasteiger charge is -2.35. The van der Waals surface area contributed by atoms with Crippen molar-refractivity contribution in [1.29, 1.82) is 0 Å². The summed E-state index contributed by atoms with van der Waals surface area (Å²) in [4.78, 5) is 21.4. The van der Waals surface area contributed by atoms with Gasteiger partial charge in [0.15, 0.2) is 0 Å². The number of rotatable bonds is 8. The van der Waals surface area contributed by atoms with E-state index in [2.05, 4.69) is 64.1 Å². The fourth-order valence-electron chi connectivity index (χ4n) is 5.10. The molecule has 0 spiro atoms. The highest BCUT2D eigenvalue weighted by Gasteiger charge is 2.24. The summed E-state index contributed by atoms with van der Waals surface area (Å²) in [7, 11) is 0. The first-order valence-corrected chi connectivity index (χ1v) is 15.1. The third kappa shape index (κ3) is 6.35. The van der Waals surface area contributed by atoms with Crippen LogP contribution < -0.4 is 0 Å². The van der Waals surface area contributed by atoms with E-state index in [1.807, 2.05) is 23.9 Å². The normalized spacial score (nSPS) is 17.3. The maximum Gasteiger partial charge on any atom is 0.255 e. The molecule has 1 fully saturated rings. The van der Waals surface area contributed by atoms with Gasteiger partial charge in [0.25, 0.3) is 5.91 Å². The van der Waals surface area contributed by atoms with Crippen molar-refractivity contribution in [3.05, 3.63) is 75.6 Å². The molecule has 1 aromatic heterocycles. The van der Waals surface area contributed by atoms with E-state index in [0.29, 0.717) is 0 Å². The van der Waals surface area contributed by atoms with Crippen LogP contribution in [-0.2, 0) is 6.54 Å². The van der Waals surface area contributed by atoms with Gasteiger partial charge in [-0.25, -0.2) is 0 Å². The summed E-state index contributed by atoms with van der Waals surface area (Å²) in [6, 6.07) is 18.9. The summed E-state index contributed by atoms with van der Waals surface area (Å²) in [5, 5.41) is 0.774. The molecular weight excluding hydrogens is 506 g/mol. The Hall–Kier alpha value is -1.83. The summed E-state index contributed by atoms with van der Waals surface area (Å²) >= 11 is 9.69. The van der Waals surface area contributed by atoms with Crippen LogP contribution in [0.2, 0.25) is 5.02 Å². The van der Waals surface area contributed by atoms with Crippen molar-refractivity contribution in [1.82, 2.24) is 14.7 Å². The average molecular weight is 540 g/mol. The minimum atomic E-state index is 0.229. The third-order valence-corrected chi connectivity index (χ3v) is 9.69. The number of hydrogen-bond donors (Lipinski definition) is 0. The van der Waals surface area contributed by atoms with Gasteiger partial charge in [-0.1, -0.05) is 48.0 Å². The lowest BCUT2D eigenvalue weighted by Crippen LogP contribution is -2.46. The number of unbranched alkanes of at least 4 members (excludes halogenated alkanes) is 1. The molecule has 0 bridgehead atoms. The standard InChI is InChI=1S/C29H34ClN3OS2/c1-22-20-27-28(34)33(18-19-35-29(27)36-22)13-5-4-12-31-14-16-32(17-15-31)21-24-6-2-3-7-26(24)23-8-10-25(30)11-9-23/h2-3,6-11,20H,4-5,12-19,21H2,1H3. The molecule has 2 aromatic carbocycles. The largest absolute Gasteiger partial charge is 0.338 e. The van der Waals surface area contributed by atoms with Crippen molar-refractivity contribution in [2.75, 3.05) is 51.6 Å². The lowest BCUT2D eigenvalue weighted by molar-refractivity contribution is 0.0758. The summed E-state index contributed by atoms with van der Waals surface area (Å²) in [6.07, 6.45) is 2.22. The predicted molar refractivity (Wildman–Crippen MR) is 154 cm³/mol. The maximum absolute atomic E-state index is 13.0. The van der Waals surface area contributed by atoms with E-state index >= 15 is 0 Å². The van der Waals surface area contributed by atoms with Gasteiger partial charge in [0.1, 0.15) is 0 Å². The van der Waals surface area contributed by atoms with Crippen LogP contribution in [0.25, 0.3) is 11.1 Å². The number of carbonyl (C=O) groups excluding carboxylic acids is 1. The second-order valence-electron chi connectivity index (χ2n) is 9.69. The Morgan fingerprint density at radius 1 is 0.861 bits per heavy atom. The number of fused-ring (bicyclic) bond motifs is 1. The zero-order valence-corrected chi connectivity index (χ0v) is 23.3. The van der Waals surface area contributed by atoms with Crippen LogP contribution in [0.15, 0.2) is 58.8 Å². The van der Waals surface area contributed by atoms with E-state index in [1.54, 1.807) is 11.3 Å². The highest BCUT2D eigenvalue weighted by molar-refractivity contribution is 8.01. The molecule has 5 rings (SSSR count). The molecule has 7 heteroatoms. The number of carbonyl (C=O) groups is 1. The zero-order chi connectivity index (χ0) is 24.9. The first kappa shape index (κ1) is 25.8. The van der Waals surface area contributed by atoms with Crippen molar-refractivity contribution in [2.24, 2.45) is 0 Å². The van der Waals surface area contributed by atoms with Gasteiger partial charge in [0.05, 0.1) is 9.77 Å². The van der Waals surface area contributed by atoms with Gasteiger partial charge in [0, 0.05) is 61.5 Å². The quantitative estimate of drug-likeness (QED) is 0.304. The predicted octanol–water partition coefficient (Wildman–Crippen LogP) is 6.52. The second kappa shape index (κ2) is 12.1. The van der Waals surface area contributed by atoms with E-state index < -0.39 is 0 Å². The molecule has 0 radical (unpaired) electrons. The monoisotopic (exact) mass is 539 g/mol. The number of thioether (sulfide) groups is 1. The number of amides is 1. The Morgan fingerprint density at radius 3 is 2.39 bits per heavy atom. The molecule has 0 unspecified atom stereocenters. The summed E-state index contributed by atoms with van der Waals surface area (Å²) in [5.74, 6) is 1.23. The average Bonchev–Trinajstić information content (AvgIpc) is 3.20. The molecular formula is C29H34ClN3OS2. The Morgan fingerprint density at radius 2 is 1.58 bits per heavy atom. The van der Waals surface area contributed by atoms with Crippen LogP contribution >= 0.6 is 34.7 Å². The Bertz CT molecular complexity index is 1170. The van der Waals surface area contributed by atoms with Crippen LogP contribution in [0.3, 0.4) is 0 Å². The number of piperazine rings is 1. The number of halogens is 1. The van der Waals surface area contributed by atoms with Gasteiger partial charge in [-0.15, -0.1) is 23.1 Å². The van der Waals surface area contributed by atoms with E-state index in [1.165, 1.54) is 25.8 Å². The molecule has 190 valence electrons. The van der Waals surface area contributed by atoms with Gasteiger partial charge in [-0.05, 0) is 61.2 Å². The molecule has 2 aliphatic heterocycles. The maximum atomic E-state index is 13.0. The SMILES string of the molecule is Cc1cc2c(s1)SCCN(CCCCN1CCN(Cc3ccccc3-c3ccc(Cl)cc3)CC1)C2=O. The zero-order valence-electron chi connectivity index (χ0n) is 20.9. The van der Waals surface area contributed by atoms with Crippen molar-refractivity contribution in [3.8, 4) is 11.1 Å². The van der Waals surface area contributed by atoms with Crippen LogP contribution in [0.5, 0.6) is 0 Å². The molecule has 0 N–H and O–H groups in total. The number of thiophene rings is 1. The molecule has 0 saturated carbocycles. The third-order valence-electron chi connectivity index (χ3n) is 7.12. The smallest absolute Gasteiger partial charge is 0.255 e. The molecule has 0 aliphatic carbocycles. The molecule has 1 amide bonds. The summed E-state index contributed by atoms with van der Waals surface area (Å²) in [6.45, 7) is 10.3. The highest BCUT2D eigenvalue weighted by Crippen LogP contribution is 2.35. The van der Waals surface area contributed by atoms with Gasteiger partial charge in [0.2, 0.25) is 0 Å². The summed E-state index contributed by atoms with van der Waals surface area (Å²) in [5.41, 5.74) is 4.81. The summed E-state index contributed by atoms with van der Waals surface area (Å²) < 4.78 is 1.20. The molecule has 0 atom stereocenters. The molecule has 3 aromatic rings. The first-order chi connectivity index (χ1) is 17.6. The molecule has 1 saturated heterocycles. The number of benzene rings is 2. The van der Waals surface area contributed by atoms with Crippen LogP contribution in [0.1, 0.15) is 33.6 Å². The van der Waals surface area contributed by atoms with E-state index in [4.69, 9.17) is 11.6 Å². The molecule has 4 nitrogen and oxygen atoms in total. The number of aryl methyl sites for hydroxylation is 1. The topological polar surface area (TPSA) is 26.8 Å². The fourth-order valence-corrected chi connectivity index (χ4v) is 7.63. The minimum Gasteiger partial charge on any atom is -0.338 e. The Balaban J connectivity index is 1.06. The van der Waals surface area contributed by atoms with Crippen molar-refractivity contribution >= 4 is 40.6 Å². The van der Waals surface area contributed by atoms with Gasteiger partial charge in [-0.3, -0.25) is 9.69 Å². The molecule has 36 heavy (non-hydrogen) atoms. The van der Waals surface area contributed by atoms with E-state index in [9.17, 15) is 4.79 Å². The van der Waals surface area contributed by atoms with Gasteiger partial charge >= 0.3 is 0 Å². The highest BCUT2D eigenvalue weighted by atomic mass is 35.5. The first-order valence-electron chi connectivity index (χ1n) is 12.9. The van der Waals surface area contributed by atoms with Gasteiger partial charge in [-0.2, -0.15) is 0 Å². The van der Waals surface area contributed by atoms with Crippen molar-refractivity contribution < 1.29 is 4.79 Å². The minimum absolute atomic E-state index is 0.229. The van der Waals surface area contributed by atoms with Crippen LogP contribution in [-0.4, -0.2) is 72.2 Å². The van der Waals surface area contributed by atoms with Crippen LogP contribution in [0, 0.1) is 6.92 Å². The van der Waals surface area contributed by atoms with Crippen LogP contribution in [0.4, 0.5) is 0 Å². The Labute approximate surface area is 228 Å². The van der Waals surface area contributed by atoms with E-state index in [0.717, 1.165) is 81.5 Å². The number of hydrogen-bond acceptors (Lipinski definition) is 5. The van der Waals surface area contributed by atoms with Crippen molar-refractivity contribution in [2.45, 2.75) is 30.5 Å². The fraction of sp³-hybridized carbons (Fsp3) is 0.414. The Kier molecular flexibility index (Phi) is 8.70. The van der Waals surface area contributed by atoms with Gasteiger partial charge < -0.3 is 9.80 Å². The second-order valence-corrected chi connectivity index (χ2v) is 12.7. The van der Waals surface area contributed by atoms with E-state index in [-0.39, 0.29) is 5.91 Å². The number of nitrogens with zero attached hydrogens (tertiary/aromatic N) is 3. The molecule has 3 heterocycles. The lowest BCUT2D eigenvalue weighted by atomic mass is 9.99.